The fourth-order valence-electron chi connectivity index (χ4n) is 3.63. The molecule has 0 unspecified atom stereocenters. The van der Waals surface area contributed by atoms with Gasteiger partial charge in [-0.05, 0) is 54.3 Å². The summed E-state index contributed by atoms with van der Waals surface area (Å²) in [5.74, 6) is 0.536. The van der Waals surface area contributed by atoms with Crippen LogP contribution in [0, 0.1) is 0 Å². The number of carbonyl (C=O) groups is 2. The molecule has 0 bridgehead atoms. The SMILES string of the molecule is CC(=O)N1CCc2cc(NC(=O)CN(C)Cc3ccc(C(C)C)cc3)ccc21. The third kappa shape index (κ3) is 4.78. The van der Waals surface area contributed by atoms with Crippen LogP contribution in [0.25, 0.3) is 0 Å². The summed E-state index contributed by atoms with van der Waals surface area (Å²) in [7, 11) is 1.95. The maximum Gasteiger partial charge on any atom is 0.238 e. The number of likely N-dealkylation sites (N-methyl/N-ethyl adjacent to an activating group) is 1. The maximum atomic E-state index is 12.4. The Labute approximate surface area is 167 Å². The topological polar surface area (TPSA) is 52.7 Å². The van der Waals surface area contributed by atoms with Gasteiger partial charge in [-0.3, -0.25) is 14.5 Å². The molecule has 2 aromatic carbocycles. The molecule has 2 amide bonds. The van der Waals surface area contributed by atoms with Crippen LogP contribution in [0.3, 0.4) is 0 Å². The predicted molar refractivity (Wildman–Crippen MR) is 114 cm³/mol. The molecule has 0 radical (unpaired) electrons. The average molecular weight is 380 g/mol. The van der Waals surface area contributed by atoms with Crippen LogP contribution in [0.5, 0.6) is 0 Å². The van der Waals surface area contributed by atoms with Crippen LogP contribution in [0.15, 0.2) is 42.5 Å². The fraction of sp³-hybridized carbons (Fsp3) is 0.391. The van der Waals surface area contributed by atoms with Crippen LogP contribution < -0.4 is 10.2 Å². The Morgan fingerprint density at radius 1 is 1.14 bits per heavy atom. The van der Waals surface area contributed by atoms with Gasteiger partial charge in [0.1, 0.15) is 0 Å². The highest BCUT2D eigenvalue weighted by Crippen LogP contribution is 2.30. The molecule has 0 spiro atoms. The van der Waals surface area contributed by atoms with Crippen molar-refractivity contribution in [2.75, 3.05) is 30.4 Å². The zero-order valence-electron chi connectivity index (χ0n) is 17.2. The quantitative estimate of drug-likeness (QED) is 0.831. The summed E-state index contributed by atoms with van der Waals surface area (Å²) in [6.07, 6.45) is 0.824. The van der Waals surface area contributed by atoms with E-state index in [0.29, 0.717) is 19.0 Å². The van der Waals surface area contributed by atoms with E-state index in [1.165, 1.54) is 11.1 Å². The smallest absolute Gasteiger partial charge is 0.238 e. The van der Waals surface area contributed by atoms with E-state index in [4.69, 9.17) is 0 Å². The number of hydrogen-bond acceptors (Lipinski definition) is 3. The van der Waals surface area contributed by atoms with Gasteiger partial charge in [0.2, 0.25) is 11.8 Å². The van der Waals surface area contributed by atoms with Gasteiger partial charge in [-0.2, -0.15) is 0 Å². The molecule has 28 heavy (non-hydrogen) atoms. The van der Waals surface area contributed by atoms with E-state index >= 15 is 0 Å². The first-order valence-electron chi connectivity index (χ1n) is 9.81. The Balaban J connectivity index is 1.54. The number of carbonyl (C=O) groups excluding carboxylic acids is 2. The van der Waals surface area contributed by atoms with E-state index < -0.39 is 0 Å². The summed E-state index contributed by atoms with van der Waals surface area (Å²) in [5.41, 5.74) is 5.36. The molecule has 148 valence electrons. The fourth-order valence-corrected chi connectivity index (χ4v) is 3.63. The summed E-state index contributed by atoms with van der Waals surface area (Å²) in [6.45, 7) is 7.70. The van der Waals surface area contributed by atoms with Crippen molar-refractivity contribution in [3.8, 4) is 0 Å². The molecule has 5 nitrogen and oxygen atoms in total. The highest BCUT2D eigenvalue weighted by atomic mass is 16.2. The lowest BCUT2D eigenvalue weighted by molar-refractivity contribution is -0.117. The average Bonchev–Trinajstić information content (AvgIpc) is 3.05. The lowest BCUT2D eigenvalue weighted by Crippen LogP contribution is -2.29. The van der Waals surface area contributed by atoms with Crippen LogP contribution in [0.2, 0.25) is 0 Å². The van der Waals surface area contributed by atoms with Gasteiger partial charge >= 0.3 is 0 Å². The number of fused-ring (bicyclic) bond motifs is 1. The Bertz CT molecular complexity index is 859. The highest BCUT2D eigenvalue weighted by Gasteiger charge is 2.22. The molecular formula is C23H29N3O2. The molecule has 1 N–H and O–H groups in total. The van der Waals surface area contributed by atoms with E-state index in [-0.39, 0.29) is 11.8 Å². The summed E-state index contributed by atoms with van der Waals surface area (Å²) in [6, 6.07) is 14.3. The minimum atomic E-state index is -0.0392. The van der Waals surface area contributed by atoms with E-state index in [2.05, 4.69) is 43.4 Å². The number of anilines is 2. The zero-order valence-corrected chi connectivity index (χ0v) is 17.2. The van der Waals surface area contributed by atoms with E-state index in [0.717, 1.165) is 29.9 Å². The molecule has 0 saturated carbocycles. The standard InChI is InChI=1S/C23H29N3O2/c1-16(2)19-7-5-18(6-8-19)14-25(4)15-23(28)24-21-9-10-22-20(13-21)11-12-26(22)17(3)27/h5-10,13,16H,11-12,14-15H2,1-4H3,(H,24,28). The lowest BCUT2D eigenvalue weighted by atomic mass is 10.0. The van der Waals surface area contributed by atoms with Crippen molar-refractivity contribution in [2.45, 2.75) is 39.7 Å². The van der Waals surface area contributed by atoms with Crippen LogP contribution in [0.4, 0.5) is 11.4 Å². The summed E-state index contributed by atoms with van der Waals surface area (Å²) in [5, 5.41) is 2.97. The van der Waals surface area contributed by atoms with Crippen molar-refractivity contribution in [1.82, 2.24) is 4.90 Å². The Morgan fingerprint density at radius 2 is 1.86 bits per heavy atom. The Morgan fingerprint density at radius 3 is 2.50 bits per heavy atom. The van der Waals surface area contributed by atoms with Crippen molar-refractivity contribution in [2.24, 2.45) is 0 Å². The van der Waals surface area contributed by atoms with E-state index in [9.17, 15) is 9.59 Å². The van der Waals surface area contributed by atoms with Crippen molar-refractivity contribution in [3.05, 3.63) is 59.2 Å². The van der Waals surface area contributed by atoms with Crippen molar-refractivity contribution < 1.29 is 9.59 Å². The first kappa shape index (κ1) is 20.1. The Kier molecular flexibility index (Phi) is 6.15. The molecule has 0 saturated heterocycles. The normalized spacial score (nSPS) is 13.1. The Hall–Kier alpha value is -2.66. The van der Waals surface area contributed by atoms with E-state index in [1.54, 1.807) is 11.8 Å². The number of nitrogens with zero attached hydrogens (tertiary/aromatic N) is 2. The van der Waals surface area contributed by atoms with Gasteiger partial charge in [-0.25, -0.2) is 0 Å². The van der Waals surface area contributed by atoms with Crippen LogP contribution in [0.1, 0.15) is 43.4 Å². The molecule has 0 aromatic heterocycles. The minimum absolute atomic E-state index is 0.0392. The van der Waals surface area contributed by atoms with Crippen LogP contribution in [-0.2, 0) is 22.6 Å². The molecule has 1 heterocycles. The predicted octanol–water partition coefficient (Wildman–Crippen LogP) is 3.79. The second kappa shape index (κ2) is 8.57. The van der Waals surface area contributed by atoms with Crippen molar-refractivity contribution in [3.63, 3.8) is 0 Å². The number of amides is 2. The second-order valence-electron chi connectivity index (χ2n) is 7.88. The molecule has 1 aliphatic heterocycles. The second-order valence-corrected chi connectivity index (χ2v) is 7.88. The lowest BCUT2D eigenvalue weighted by Gasteiger charge is -2.18. The molecule has 5 heteroatoms. The van der Waals surface area contributed by atoms with E-state index in [1.807, 2.05) is 30.1 Å². The highest BCUT2D eigenvalue weighted by molar-refractivity contribution is 5.96. The number of nitrogens with one attached hydrogen (secondary N) is 1. The number of benzene rings is 2. The third-order valence-electron chi connectivity index (χ3n) is 5.15. The van der Waals surface area contributed by atoms with Gasteiger partial charge < -0.3 is 10.2 Å². The van der Waals surface area contributed by atoms with Gasteiger partial charge in [-0.15, -0.1) is 0 Å². The first-order valence-corrected chi connectivity index (χ1v) is 9.81. The summed E-state index contributed by atoms with van der Waals surface area (Å²) >= 11 is 0. The largest absolute Gasteiger partial charge is 0.325 e. The zero-order chi connectivity index (χ0) is 20.3. The minimum Gasteiger partial charge on any atom is -0.325 e. The van der Waals surface area contributed by atoms with Crippen LogP contribution >= 0.6 is 0 Å². The third-order valence-corrected chi connectivity index (χ3v) is 5.15. The van der Waals surface area contributed by atoms with Gasteiger partial charge in [0.05, 0.1) is 6.54 Å². The maximum absolute atomic E-state index is 12.4. The van der Waals surface area contributed by atoms with Crippen molar-refractivity contribution in [1.29, 1.82) is 0 Å². The van der Waals surface area contributed by atoms with Gasteiger partial charge in [0.25, 0.3) is 0 Å². The number of rotatable bonds is 6. The molecule has 0 atom stereocenters. The monoisotopic (exact) mass is 379 g/mol. The summed E-state index contributed by atoms with van der Waals surface area (Å²) < 4.78 is 0. The molecule has 1 aliphatic rings. The number of hydrogen-bond donors (Lipinski definition) is 1. The van der Waals surface area contributed by atoms with Gasteiger partial charge in [0.15, 0.2) is 0 Å². The van der Waals surface area contributed by atoms with Crippen LogP contribution in [-0.4, -0.2) is 36.9 Å². The molecule has 0 fully saturated rings. The summed E-state index contributed by atoms with van der Waals surface area (Å²) in [4.78, 5) is 27.8. The molecule has 3 rings (SSSR count). The van der Waals surface area contributed by atoms with Gasteiger partial charge in [0, 0.05) is 31.4 Å². The molecule has 0 aliphatic carbocycles. The molecular weight excluding hydrogens is 350 g/mol. The molecule has 2 aromatic rings. The van der Waals surface area contributed by atoms with Crippen molar-refractivity contribution >= 4 is 23.2 Å². The first-order chi connectivity index (χ1) is 13.3. The van der Waals surface area contributed by atoms with Gasteiger partial charge in [-0.1, -0.05) is 38.1 Å².